The van der Waals surface area contributed by atoms with Crippen LogP contribution in [0.3, 0.4) is 0 Å². The van der Waals surface area contributed by atoms with Crippen LogP contribution in [0.2, 0.25) is 0 Å². The quantitative estimate of drug-likeness (QED) is 0.537. The van der Waals surface area contributed by atoms with E-state index in [9.17, 15) is 0 Å². The second-order valence-corrected chi connectivity index (χ2v) is 2.06. The smallest absolute Gasteiger partial charge is 0.0476 e. The molecule has 0 fully saturated rings. The molecule has 2 N–H and O–H groups in total. The van der Waals surface area contributed by atoms with Crippen molar-refractivity contribution in [2.24, 2.45) is 0 Å². The molecule has 0 amide bonds. The minimum absolute atomic E-state index is 0.0961. The Morgan fingerprint density at radius 3 is 1.75 bits per heavy atom. The van der Waals surface area contributed by atoms with Gasteiger partial charge in [-0.05, 0) is 4.86 Å². The Labute approximate surface area is 54.1 Å². The lowest BCUT2D eigenvalue weighted by molar-refractivity contribution is 0.297. The molecule has 0 bridgehead atoms. The van der Waals surface area contributed by atoms with Crippen LogP contribution in [-0.4, -0.2) is 28.3 Å². The van der Waals surface area contributed by atoms with Crippen molar-refractivity contribution in [1.82, 2.24) is 0 Å². The summed E-state index contributed by atoms with van der Waals surface area (Å²) in [5.41, 5.74) is 0. The monoisotopic (exact) mass is 134 g/mol. The van der Waals surface area contributed by atoms with Crippen molar-refractivity contribution in [2.75, 3.05) is 13.2 Å². The summed E-state index contributed by atoms with van der Waals surface area (Å²) in [6.07, 6.45) is 1.08. The second kappa shape index (κ2) is 5.15. The van der Waals surface area contributed by atoms with Crippen molar-refractivity contribution in [1.29, 1.82) is 0 Å². The van der Waals surface area contributed by atoms with Crippen LogP contribution in [-0.2, 0) is 0 Å². The molecule has 0 aliphatic heterocycles. The zero-order valence-corrected chi connectivity index (χ0v) is 5.45. The molecular weight excluding hydrogens is 124 g/mol. The van der Waals surface area contributed by atoms with Gasteiger partial charge < -0.3 is 10.2 Å². The van der Waals surface area contributed by atoms with Crippen LogP contribution in [0.1, 0.15) is 12.8 Å². The fourth-order valence-electron chi connectivity index (χ4n) is 0.374. The number of aliphatic hydroxyl groups is 2. The van der Waals surface area contributed by atoms with E-state index in [1.54, 1.807) is 0 Å². The topological polar surface area (TPSA) is 40.5 Å². The standard InChI is InChI=1S/C5H10O2S/c6-3-1-5(8)2-4-7/h6-7H,1-4H2. The molecule has 0 radical (unpaired) electrons. The van der Waals surface area contributed by atoms with Crippen LogP contribution in [0, 0.1) is 0 Å². The van der Waals surface area contributed by atoms with Crippen LogP contribution < -0.4 is 0 Å². The van der Waals surface area contributed by atoms with Gasteiger partial charge in [-0.25, -0.2) is 0 Å². The maximum absolute atomic E-state index is 8.29. The van der Waals surface area contributed by atoms with Gasteiger partial charge in [-0.3, -0.25) is 0 Å². The number of hydrogen-bond acceptors (Lipinski definition) is 3. The van der Waals surface area contributed by atoms with Crippen molar-refractivity contribution in [3.8, 4) is 0 Å². The highest BCUT2D eigenvalue weighted by Gasteiger charge is 1.91. The van der Waals surface area contributed by atoms with Crippen LogP contribution in [0.4, 0.5) is 0 Å². The summed E-state index contributed by atoms with van der Waals surface area (Å²) in [4.78, 5) is 0.745. The molecule has 0 unspecified atom stereocenters. The van der Waals surface area contributed by atoms with E-state index < -0.39 is 0 Å². The Balaban J connectivity index is 3.06. The molecular formula is C5H10O2S. The third-order valence-electron chi connectivity index (χ3n) is 0.781. The van der Waals surface area contributed by atoms with Gasteiger partial charge in [0.1, 0.15) is 0 Å². The Kier molecular flexibility index (Phi) is 5.16. The predicted molar refractivity (Wildman–Crippen MR) is 36.0 cm³/mol. The molecule has 0 saturated heterocycles. The Bertz CT molecular complexity index is 64.8. The van der Waals surface area contributed by atoms with Crippen LogP contribution in [0.5, 0.6) is 0 Å². The van der Waals surface area contributed by atoms with Crippen molar-refractivity contribution in [3.63, 3.8) is 0 Å². The molecule has 0 heterocycles. The number of thiocarbonyl (C=S) groups is 1. The van der Waals surface area contributed by atoms with Crippen molar-refractivity contribution < 1.29 is 10.2 Å². The molecule has 0 aromatic carbocycles. The first-order valence-electron chi connectivity index (χ1n) is 2.54. The molecule has 0 aromatic heterocycles. The maximum atomic E-state index is 8.29. The summed E-state index contributed by atoms with van der Waals surface area (Å²) in [6.45, 7) is 0.192. The molecule has 0 aliphatic carbocycles. The zero-order chi connectivity index (χ0) is 6.41. The van der Waals surface area contributed by atoms with Crippen molar-refractivity contribution in [2.45, 2.75) is 12.8 Å². The normalized spacial score (nSPS) is 9.25. The minimum atomic E-state index is 0.0961. The lowest BCUT2D eigenvalue weighted by Crippen LogP contribution is -1.99. The summed E-state index contributed by atoms with van der Waals surface area (Å²) >= 11 is 4.73. The third kappa shape index (κ3) is 4.18. The summed E-state index contributed by atoms with van der Waals surface area (Å²) in [6, 6.07) is 0. The predicted octanol–water partition coefficient (Wildman–Crippen LogP) is 0.121. The maximum Gasteiger partial charge on any atom is 0.0476 e. The van der Waals surface area contributed by atoms with Crippen LogP contribution in [0.15, 0.2) is 0 Å². The van der Waals surface area contributed by atoms with E-state index >= 15 is 0 Å². The van der Waals surface area contributed by atoms with E-state index in [1.165, 1.54) is 0 Å². The van der Waals surface area contributed by atoms with Crippen LogP contribution in [0.25, 0.3) is 0 Å². The van der Waals surface area contributed by atoms with Gasteiger partial charge in [0.15, 0.2) is 0 Å². The molecule has 0 spiro atoms. The van der Waals surface area contributed by atoms with Gasteiger partial charge in [0.05, 0.1) is 0 Å². The molecule has 0 rings (SSSR count). The molecule has 0 saturated carbocycles. The molecule has 0 atom stereocenters. The summed E-state index contributed by atoms with van der Waals surface area (Å²) < 4.78 is 0. The Morgan fingerprint density at radius 1 is 1.12 bits per heavy atom. The SMILES string of the molecule is OCCC(=S)CCO. The minimum Gasteiger partial charge on any atom is -0.396 e. The lowest BCUT2D eigenvalue weighted by Gasteiger charge is -1.94. The fourth-order valence-corrected chi connectivity index (χ4v) is 0.557. The highest BCUT2D eigenvalue weighted by Crippen LogP contribution is 1.89. The third-order valence-corrected chi connectivity index (χ3v) is 1.19. The average molecular weight is 134 g/mol. The number of hydrogen-bond donors (Lipinski definition) is 2. The first-order valence-corrected chi connectivity index (χ1v) is 2.95. The second-order valence-electron chi connectivity index (χ2n) is 1.49. The van der Waals surface area contributed by atoms with E-state index in [2.05, 4.69) is 0 Å². The number of rotatable bonds is 4. The van der Waals surface area contributed by atoms with E-state index in [-0.39, 0.29) is 13.2 Å². The molecule has 48 valence electrons. The number of aliphatic hydroxyl groups excluding tert-OH is 2. The summed E-state index contributed by atoms with van der Waals surface area (Å²) in [7, 11) is 0. The van der Waals surface area contributed by atoms with Gasteiger partial charge in [-0.15, -0.1) is 0 Å². The highest BCUT2D eigenvalue weighted by molar-refractivity contribution is 7.80. The summed E-state index contributed by atoms with van der Waals surface area (Å²) in [5.74, 6) is 0. The van der Waals surface area contributed by atoms with Crippen LogP contribution >= 0.6 is 12.2 Å². The Morgan fingerprint density at radius 2 is 1.50 bits per heavy atom. The summed E-state index contributed by atoms with van der Waals surface area (Å²) in [5, 5.41) is 16.6. The first-order chi connectivity index (χ1) is 3.81. The zero-order valence-electron chi connectivity index (χ0n) is 4.63. The molecule has 0 aromatic rings. The lowest BCUT2D eigenvalue weighted by atomic mass is 10.2. The largest absolute Gasteiger partial charge is 0.396 e. The van der Waals surface area contributed by atoms with Gasteiger partial charge >= 0.3 is 0 Å². The first kappa shape index (κ1) is 8.01. The molecule has 3 heteroatoms. The fraction of sp³-hybridized carbons (Fsp3) is 0.800. The van der Waals surface area contributed by atoms with Gasteiger partial charge in [0.25, 0.3) is 0 Å². The highest BCUT2D eigenvalue weighted by atomic mass is 32.1. The Hall–Kier alpha value is 0.01000. The van der Waals surface area contributed by atoms with E-state index in [0.717, 1.165) is 4.86 Å². The van der Waals surface area contributed by atoms with Crippen molar-refractivity contribution in [3.05, 3.63) is 0 Å². The van der Waals surface area contributed by atoms with E-state index in [4.69, 9.17) is 22.4 Å². The van der Waals surface area contributed by atoms with Gasteiger partial charge in [0, 0.05) is 26.1 Å². The van der Waals surface area contributed by atoms with Gasteiger partial charge in [-0.1, -0.05) is 12.2 Å². The molecule has 8 heavy (non-hydrogen) atoms. The van der Waals surface area contributed by atoms with E-state index in [0.29, 0.717) is 12.8 Å². The van der Waals surface area contributed by atoms with Gasteiger partial charge in [-0.2, -0.15) is 0 Å². The van der Waals surface area contributed by atoms with Crippen molar-refractivity contribution >= 4 is 17.1 Å². The average Bonchev–Trinajstić information content (AvgIpc) is 1.68. The van der Waals surface area contributed by atoms with Gasteiger partial charge in [0.2, 0.25) is 0 Å². The van der Waals surface area contributed by atoms with E-state index in [1.807, 2.05) is 0 Å². The molecule has 2 nitrogen and oxygen atoms in total. The molecule has 0 aliphatic rings.